The van der Waals surface area contributed by atoms with Gasteiger partial charge in [-0.1, -0.05) is 116 Å². The largest absolute Gasteiger partial charge is 0.494 e. The minimum atomic E-state index is -0.270. The second-order valence-electron chi connectivity index (χ2n) is 11.3. The molecule has 222 valence electrons. The molecule has 0 amide bonds. The fourth-order valence-electron chi connectivity index (χ4n) is 4.93. The molecule has 0 bridgehead atoms. The molecule has 5 heteroatoms. The summed E-state index contributed by atoms with van der Waals surface area (Å²) in [6, 6.07) is 8.88. The highest BCUT2D eigenvalue weighted by Gasteiger charge is 2.23. The number of benzene rings is 1. The molecule has 0 N–H and O–H groups in total. The minimum Gasteiger partial charge on any atom is -0.494 e. The fourth-order valence-corrected chi connectivity index (χ4v) is 8.10. The zero-order valence-electron chi connectivity index (χ0n) is 25.1. The van der Waals surface area contributed by atoms with E-state index in [4.69, 9.17) is 9.47 Å². The van der Waals surface area contributed by atoms with Crippen LogP contribution in [0.2, 0.25) is 0 Å². The lowest BCUT2D eigenvalue weighted by Gasteiger charge is -2.28. The zero-order valence-corrected chi connectivity index (χ0v) is 26.7. The Balaban J connectivity index is 1.42. The van der Waals surface area contributed by atoms with E-state index in [1.54, 1.807) is 6.92 Å². The topological polar surface area (TPSA) is 35.5 Å². The van der Waals surface area contributed by atoms with Gasteiger partial charge in [-0.2, -0.15) is 0 Å². The molecule has 3 nitrogen and oxygen atoms in total. The number of hydrogen-bond acceptors (Lipinski definition) is 5. The van der Waals surface area contributed by atoms with E-state index < -0.39 is 0 Å². The number of rotatable bonds is 23. The lowest BCUT2D eigenvalue weighted by Crippen LogP contribution is -2.14. The van der Waals surface area contributed by atoms with Crippen molar-refractivity contribution in [2.45, 2.75) is 128 Å². The SMILES string of the molecule is C=C(C)C(=O)OCCCCCCCCCCOc1ccc(C2SCC(CCCCCCCCCC)CS2)cc1. The Kier molecular flexibility index (Phi) is 19.8. The summed E-state index contributed by atoms with van der Waals surface area (Å²) in [4.78, 5) is 11.3. The lowest BCUT2D eigenvalue weighted by atomic mass is 10.0. The number of esters is 1. The van der Waals surface area contributed by atoms with Gasteiger partial charge < -0.3 is 9.47 Å². The molecule has 1 aromatic carbocycles. The van der Waals surface area contributed by atoms with Gasteiger partial charge in [0, 0.05) is 5.57 Å². The molecular weight excluding hydrogens is 521 g/mol. The highest BCUT2D eigenvalue weighted by Crippen LogP contribution is 2.46. The Morgan fingerprint density at radius 1 is 0.769 bits per heavy atom. The van der Waals surface area contributed by atoms with E-state index >= 15 is 0 Å². The van der Waals surface area contributed by atoms with E-state index in [2.05, 4.69) is 61.3 Å². The van der Waals surface area contributed by atoms with Crippen molar-refractivity contribution in [3.8, 4) is 5.75 Å². The summed E-state index contributed by atoms with van der Waals surface area (Å²) in [5, 5.41) is 0. The van der Waals surface area contributed by atoms with Crippen LogP contribution in [0.15, 0.2) is 36.4 Å². The Hall–Kier alpha value is -1.07. The fraction of sp³-hybridized carbons (Fsp3) is 0.735. The molecule has 0 spiro atoms. The van der Waals surface area contributed by atoms with Crippen LogP contribution in [0.3, 0.4) is 0 Å². The van der Waals surface area contributed by atoms with Crippen LogP contribution < -0.4 is 4.74 Å². The van der Waals surface area contributed by atoms with Crippen LogP contribution in [-0.2, 0) is 9.53 Å². The highest BCUT2D eigenvalue weighted by atomic mass is 32.2. The maximum atomic E-state index is 11.3. The van der Waals surface area contributed by atoms with Crippen molar-refractivity contribution in [2.75, 3.05) is 24.7 Å². The molecule has 1 heterocycles. The second kappa shape index (κ2) is 22.6. The van der Waals surface area contributed by atoms with Gasteiger partial charge >= 0.3 is 5.97 Å². The van der Waals surface area contributed by atoms with Crippen molar-refractivity contribution in [2.24, 2.45) is 5.92 Å². The van der Waals surface area contributed by atoms with Gasteiger partial charge in [0.05, 0.1) is 17.8 Å². The lowest BCUT2D eigenvalue weighted by molar-refractivity contribution is -0.139. The third-order valence-electron chi connectivity index (χ3n) is 7.47. The maximum Gasteiger partial charge on any atom is 0.333 e. The first-order valence-electron chi connectivity index (χ1n) is 15.9. The Morgan fingerprint density at radius 3 is 1.85 bits per heavy atom. The molecule has 0 saturated carbocycles. The molecular formula is C34H56O3S2. The van der Waals surface area contributed by atoms with Crippen LogP contribution in [0.25, 0.3) is 0 Å². The van der Waals surface area contributed by atoms with E-state index in [0.717, 1.165) is 37.5 Å². The van der Waals surface area contributed by atoms with Gasteiger partial charge in [0.2, 0.25) is 0 Å². The predicted octanol–water partition coefficient (Wildman–Crippen LogP) is 10.9. The molecule has 1 aliphatic heterocycles. The van der Waals surface area contributed by atoms with Gasteiger partial charge in [-0.15, -0.1) is 23.5 Å². The first kappa shape index (κ1) is 34.1. The summed E-state index contributed by atoms with van der Waals surface area (Å²) in [5.41, 5.74) is 1.92. The third kappa shape index (κ3) is 16.7. The molecule has 0 atom stereocenters. The van der Waals surface area contributed by atoms with Gasteiger partial charge in [-0.3, -0.25) is 0 Å². The molecule has 1 fully saturated rings. The summed E-state index contributed by atoms with van der Waals surface area (Å²) in [6.07, 6.45) is 22.2. The normalized spacial score (nSPS) is 17.2. The minimum absolute atomic E-state index is 0.270. The molecule has 0 aromatic heterocycles. The van der Waals surface area contributed by atoms with E-state index in [1.165, 1.54) is 107 Å². The van der Waals surface area contributed by atoms with E-state index in [9.17, 15) is 4.79 Å². The van der Waals surface area contributed by atoms with Crippen LogP contribution >= 0.6 is 23.5 Å². The molecule has 1 saturated heterocycles. The number of ether oxygens (including phenoxy) is 2. The average Bonchev–Trinajstić information content (AvgIpc) is 2.95. The van der Waals surface area contributed by atoms with Crippen LogP contribution in [0.5, 0.6) is 5.75 Å². The van der Waals surface area contributed by atoms with Crippen molar-refractivity contribution in [3.05, 3.63) is 42.0 Å². The van der Waals surface area contributed by atoms with Crippen molar-refractivity contribution in [1.29, 1.82) is 0 Å². The highest BCUT2D eigenvalue weighted by molar-refractivity contribution is 8.16. The van der Waals surface area contributed by atoms with Crippen molar-refractivity contribution in [1.82, 2.24) is 0 Å². The predicted molar refractivity (Wildman–Crippen MR) is 173 cm³/mol. The van der Waals surface area contributed by atoms with E-state index in [0.29, 0.717) is 16.8 Å². The number of thioether (sulfide) groups is 2. The van der Waals surface area contributed by atoms with Gasteiger partial charge in [-0.05, 0) is 61.3 Å². The summed E-state index contributed by atoms with van der Waals surface area (Å²) in [7, 11) is 0. The standard InChI is InChI=1S/C34H56O3S2/c1-4-5-6-7-8-11-14-17-20-30-27-38-34(39-28-30)31-21-23-32(24-22-31)36-25-18-15-12-9-10-13-16-19-26-37-33(35)29(2)3/h21-24,30,34H,2,4-20,25-28H2,1,3H3. The van der Waals surface area contributed by atoms with Gasteiger partial charge in [0.1, 0.15) is 5.75 Å². The summed E-state index contributed by atoms with van der Waals surface area (Å²) in [6.45, 7) is 8.90. The van der Waals surface area contributed by atoms with E-state index in [1.807, 2.05) is 0 Å². The maximum absolute atomic E-state index is 11.3. The van der Waals surface area contributed by atoms with Gasteiger partial charge in [0.25, 0.3) is 0 Å². The van der Waals surface area contributed by atoms with Crippen LogP contribution in [0.1, 0.15) is 133 Å². The molecule has 2 rings (SSSR count). The second-order valence-corrected chi connectivity index (χ2v) is 13.9. The summed E-state index contributed by atoms with van der Waals surface area (Å²) < 4.78 is 11.7. The smallest absolute Gasteiger partial charge is 0.333 e. The van der Waals surface area contributed by atoms with Crippen molar-refractivity contribution in [3.63, 3.8) is 0 Å². The monoisotopic (exact) mass is 576 g/mol. The number of carbonyl (C=O) groups is 1. The Labute approximate surface area is 249 Å². The van der Waals surface area contributed by atoms with Gasteiger partial charge in [-0.25, -0.2) is 4.79 Å². The quantitative estimate of drug-likeness (QED) is 0.0735. The molecule has 0 aliphatic carbocycles. The Morgan fingerprint density at radius 2 is 1.28 bits per heavy atom. The molecule has 0 radical (unpaired) electrons. The van der Waals surface area contributed by atoms with Crippen LogP contribution in [0.4, 0.5) is 0 Å². The molecule has 0 unspecified atom stereocenters. The zero-order chi connectivity index (χ0) is 28.0. The molecule has 39 heavy (non-hydrogen) atoms. The molecule has 1 aliphatic rings. The van der Waals surface area contributed by atoms with E-state index in [-0.39, 0.29) is 5.97 Å². The Bertz CT molecular complexity index is 756. The first-order valence-corrected chi connectivity index (χ1v) is 18.0. The third-order valence-corrected chi connectivity index (χ3v) is 10.8. The number of hydrogen-bond donors (Lipinski definition) is 0. The van der Waals surface area contributed by atoms with Crippen molar-refractivity contribution >= 4 is 29.5 Å². The van der Waals surface area contributed by atoms with Gasteiger partial charge in [0.15, 0.2) is 0 Å². The average molecular weight is 577 g/mol. The number of unbranched alkanes of at least 4 members (excludes halogenated alkanes) is 14. The number of carbonyl (C=O) groups excluding carboxylic acids is 1. The summed E-state index contributed by atoms with van der Waals surface area (Å²) in [5.74, 6) is 4.27. The molecule has 1 aromatic rings. The first-order chi connectivity index (χ1) is 19.1. The van der Waals surface area contributed by atoms with Crippen molar-refractivity contribution < 1.29 is 14.3 Å². The summed E-state index contributed by atoms with van der Waals surface area (Å²) >= 11 is 4.29. The van der Waals surface area contributed by atoms with Crippen LogP contribution in [0, 0.1) is 5.92 Å². The van der Waals surface area contributed by atoms with Crippen LogP contribution in [-0.4, -0.2) is 30.7 Å².